The van der Waals surface area contributed by atoms with Gasteiger partial charge >= 0.3 is 6.18 Å². The largest absolute Gasteiger partial charge is 0.435 e. The van der Waals surface area contributed by atoms with Gasteiger partial charge in [-0.05, 0) is 0 Å². The van der Waals surface area contributed by atoms with Crippen molar-refractivity contribution in [2.45, 2.75) is 12.7 Å². The first-order chi connectivity index (χ1) is 6.09. The van der Waals surface area contributed by atoms with Gasteiger partial charge in [-0.2, -0.15) is 13.2 Å². The molecule has 0 fully saturated rings. The normalized spacial score (nSPS) is 15.9. The van der Waals surface area contributed by atoms with Crippen molar-refractivity contribution in [2.75, 3.05) is 6.54 Å². The number of halogens is 3. The highest BCUT2D eigenvalue weighted by atomic mass is 19.4. The van der Waals surface area contributed by atoms with Crippen molar-refractivity contribution in [3.05, 3.63) is 17.7 Å². The van der Waals surface area contributed by atoms with E-state index in [0.29, 0.717) is 13.1 Å². The number of aromatic nitrogens is 2. The highest BCUT2D eigenvalue weighted by Gasteiger charge is 2.37. The van der Waals surface area contributed by atoms with Gasteiger partial charge in [0.1, 0.15) is 0 Å². The smallest absolute Gasteiger partial charge is 0.327 e. The van der Waals surface area contributed by atoms with Crippen LogP contribution in [-0.4, -0.2) is 22.3 Å². The molecule has 3 nitrogen and oxygen atoms in total. The molecule has 13 heavy (non-hydrogen) atoms. The number of nitrogens with zero attached hydrogens (tertiary/aromatic N) is 3. The number of fused-ring (bicyclic) bond motifs is 1. The summed E-state index contributed by atoms with van der Waals surface area (Å²) in [7, 11) is 0. The maximum absolute atomic E-state index is 12.3. The topological polar surface area (TPSA) is 30.2 Å². The van der Waals surface area contributed by atoms with Crippen molar-refractivity contribution < 1.29 is 13.2 Å². The van der Waals surface area contributed by atoms with Crippen LogP contribution < -0.4 is 0 Å². The van der Waals surface area contributed by atoms with E-state index in [9.17, 15) is 13.2 Å². The Kier molecular flexibility index (Phi) is 1.64. The van der Waals surface area contributed by atoms with Crippen molar-refractivity contribution in [2.24, 2.45) is 4.99 Å². The number of rotatable bonds is 0. The lowest BCUT2D eigenvalue weighted by Crippen LogP contribution is -2.15. The number of hydrogen-bond acceptors (Lipinski definition) is 2. The van der Waals surface area contributed by atoms with E-state index in [0.717, 1.165) is 0 Å². The lowest BCUT2D eigenvalue weighted by molar-refractivity contribution is -0.141. The Balaban J connectivity index is 2.51. The van der Waals surface area contributed by atoms with Gasteiger partial charge in [0.15, 0.2) is 5.69 Å². The molecule has 1 aromatic rings. The molecule has 0 amide bonds. The Morgan fingerprint density at radius 1 is 1.38 bits per heavy atom. The van der Waals surface area contributed by atoms with Crippen molar-refractivity contribution in [3.8, 4) is 0 Å². The Bertz CT molecular complexity index is 350. The van der Waals surface area contributed by atoms with Crippen molar-refractivity contribution in [3.63, 3.8) is 0 Å². The van der Waals surface area contributed by atoms with Gasteiger partial charge < -0.3 is 4.57 Å². The van der Waals surface area contributed by atoms with E-state index >= 15 is 0 Å². The highest BCUT2D eigenvalue weighted by Crippen LogP contribution is 2.30. The first kappa shape index (κ1) is 8.28. The fourth-order valence-corrected chi connectivity index (χ4v) is 1.24. The molecule has 0 radical (unpaired) electrons. The molecular weight excluding hydrogens is 183 g/mol. The van der Waals surface area contributed by atoms with Crippen LogP contribution in [-0.2, 0) is 12.7 Å². The average Bonchev–Trinajstić information content (AvgIpc) is 2.45. The third-order valence-electron chi connectivity index (χ3n) is 1.83. The Morgan fingerprint density at radius 2 is 2.15 bits per heavy atom. The third-order valence-corrected chi connectivity index (χ3v) is 1.83. The monoisotopic (exact) mass is 189 g/mol. The lowest BCUT2D eigenvalue weighted by Gasteiger charge is -2.10. The van der Waals surface area contributed by atoms with E-state index in [2.05, 4.69) is 9.98 Å². The molecule has 0 aliphatic carbocycles. The minimum Gasteiger partial charge on any atom is -0.327 e. The highest BCUT2D eigenvalue weighted by molar-refractivity contribution is 5.79. The summed E-state index contributed by atoms with van der Waals surface area (Å²) in [6, 6.07) is 0. The molecule has 0 unspecified atom stereocenters. The summed E-state index contributed by atoms with van der Waals surface area (Å²) in [6.07, 6.45) is -1.97. The minimum absolute atomic E-state index is 0.0544. The van der Waals surface area contributed by atoms with Gasteiger partial charge in [0.25, 0.3) is 0 Å². The van der Waals surface area contributed by atoms with Gasteiger partial charge in [0, 0.05) is 12.8 Å². The first-order valence-electron chi connectivity index (χ1n) is 3.71. The molecule has 6 heteroatoms. The second-order valence-corrected chi connectivity index (χ2v) is 2.70. The second kappa shape index (κ2) is 2.58. The predicted octanol–water partition coefficient (Wildman–Crippen LogP) is 1.33. The number of imidazole rings is 1. The molecule has 0 atom stereocenters. The number of aliphatic imine (C=N–C) groups is 1. The van der Waals surface area contributed by atoms with Gasteiger partial charge in [0.05, 0.1) is 18.6 Å². The van der Waals surface area contributed by atoms with Crippen LogP contribution in [0.4, 0.5) is 13.2 Å². The number of alkyl halides is 3. The number of hydrogen-bond donors (Lipinski definition) is 0. The Labute approximate surface area is 71.9 Å². The van der Waals surface area contributed by atoms with Crippen LogP contribution in [0.5, 0.6) is 0 Å². The maximum Gasteiger partial charge on any atom is 0.435 e. The summed E-state index contributed by atoms with van der Waals surface area (Å²) in [5, 5.41) is 0. The maximum atomic E-state index is 12.3. The quantitative estimate of drug-likeness (QED) is 0.605. The Morgan fingerprint density at radius 3 is 2.85 bits per heavy atom. The summed E-state index contributed by atoms with van der Waals surface area (Å²) in [5.41, 5.74) is -0.797. The fourth-order valence-electron chi connectivity index (χ4n) is 1.24. The first-order valence-corrected chi connectivity index (χ1v) is 3.71. The summed E-state index contributed by atoms with van der Waals surface area (Å²) < 4.78 is 38.3. The molecule has 0 bridgehead atoms. The van der Waals surface area contributed by atoms with Gasteiger partial charge in [-0.1, -0.05) is 0 Å². The molecule has 2 rings (SSSR count). The van der Waals surface area contributed by atoms with E-state index in [1.807, 2.05) is 0 Å². The van der Waals surface area contributed by atoms with Crippen molar-refractivity contribution >= 4 is 6.21 Å². The zero-order valence-corrected chi connectivity index (χ0v) is 6.54. The van der Waals surface area contributed by atoms with E-state index in [-0.39, 0.29) is 5.69 Å². The molecule has 1 aliphatic rings. The van der Waals surface area contributed by atoms with Crippen LogP contribution in [0.15, 0.2) is 11.3 Å². The lowest BCUT2D eigenvalue weighted by atomic mass is 10.3. The zero-order valence-electron chi connectivity index (χ0n) is 6.54. The molecule has 2 heterocycles. The van der Waals surface area contributed by atoms with Crippen LogP contribution in [0.2, 0.25) is 0 Å². The molecule has 0 saturated carbocycles. The fraction of sp³-hybridized carbons (Fsp3) is 0.429. The van der Waals surface area contributed by atoms with Crippen LogP contribution >= 0.6 is 0 Å². The third kappa shape index (κ3) is 1.32. The second-order valence-electron chi connectivity index (χ2n) is 2.70. The van der Waals surface area contributed by atoms with E-state index in [1.165, 1.54) is 17.1 Å². The molecule has 0 N–H and O–H groups in total. The molecule has 0 saturated heterocycles. The molecule has 0 spiro atoms. The summed E-state index contributed by atoms with van der Waals surface area (Å²) >= 11 is 0. The van der Waals surface area contributed by atoms with Crippen LogP contribution in [0.1, 0.15) is 11.4 Å². The van der Waals surface area contributed by atoms with Gasteiger partial charge in [-0.3, -0.25) is 4.99 Å². The summed E-state index contributed by atoms with van der Waals surface area (Å²) in [5.74, 6) is 0. The van der Waals surface area contributed by atoms with E-state index in [1.54, 1.807) is 0 Å². The van der Waals surface area contributed by atoms with E-state index in [4.69, 9.17) is 0 Å². The molecule has 70 valence electrons. The average molecular weight is 189 g/mol. The summed E-state index contributed by atoms with van der Waals surface area (Å²) in [4.78, 5) is 7.09. The standard InChI is InChI=1S/C7H6F3N3/c8-7(9,10)6-5-3-11-1-2-13(5)4-12-6/h3-4H,1-2H2. The predicted molar refractivity (Wildman–Crippen MR) is 39.7 cm³/mol. The molecule has 1 aliphatic heterocycles. The SMILES string of the molecule is FC(F)(F)c1ncn2c1C=NCC2. The van der Waals surface area contributed by atoms with Gasteiger partial charge in [-0.15, -0.1) is 0 Å². The minimum atomic E-state index is -4.38. The van der Waals surface area contributed by atoms with Gasteiger partial charge in [-0.25, -0.2) is 4.98 Å². The molecule has 0 aromatic carbocycles. The van der Waals surface area contributed by atoms with Crippen molar-refractivity contribution in [1.29, 1.82) is 0 Å². The van der Waals surface area contributed by atoms with Crippen LogP contribution in [0.25, 0.3) is 0 Å². The summed E-state index contributed by atoms with van der Waals surface area (Å²) in [6.45, 7) is 0.982. The molecular formula is C7H6F3N3. The van der Waals surface area contributed by atoms with Crippen molar-refractivity contribution in [1.82, 2.24) is 9.55 Å². The Hall–Kier alpha value is -1.33. The molecule has 1 aromatic heterocycles. The zero-order chi connectivity index (χ0) is 9.47. The van der Waals surface area contributed by atoms with Crippen LogP contribution in [0.3, 0.4) is 0 Å². The van der Waals surface area contributed by atoms with Crippen LogP contribution in [0, 0.1) is 0 Å². The van der Waals surface area contributed by atoms with Gasteiger partial charge in [0.2, 0.25) is 0 Å². The van der Waals surface area contributed by atoms with E-state index < -0.39 is 11.9 Å².